The third-order valence-electron chi connectivity index (χ3n) is 4.54. The van der Waals surface area contributed by atoms with Gasteiger partial charge in [-0.15, -0.1) is 0 Å². The summed E-state index contributed by atoms with van der Waals surface area (Å²) in [6.45, 7) is 4.15. The summed E-state index contributed by atoms with van der Waals surface area (Å²) >= 11 is 0. The fraction of sp³-hybridized carbons (Fsp3) is 0.350. The van der Waals surface area contributed by atoms with E-state index in [2.05, 4.69) is 42.4 Å². The maximum absolute atomic E-state index is 12.6. The predicted octanol–water partition coefficient (Wildman–Crippen LogP) is 3.49. The van der Waals surface area contributed by atoms with Gasteiger partial charge in [-0.1, -0.05) is 36.4 Å². The summed E-state index contributed by atoms with van der Waals surface area (Å²) in [5.74, 6) is 0.0285. The Hall–Kier alpha value is -2.13. The van der Waals surface area contributed by atoms with E-state index in [4.69, 9.17) is 0 Å². The van der Waals surface area contributed by atoms with Crippen molar-refractivity contribution in [3.05, 3.63) is 59.7 Å². The zero-order valence-corrected chi connectivity index (χ0v) is 13.9. The van der Waals surface area contributed by atoms with Crippen LogP contribution in [0.25, 0.3) is 11.1 Å². The maximum atomic E-state index is 12.6. The van der Waals surface area contributed by atoms with E-state index in [0.717, 1.165) is 37.1 Å². The second kappa shape index (κ2) is 6.97. The van der Waals surface area contributed by atoms with Crippen molar-refractivity contribution in [2.75, 3.05) is 20.1 Å². The molecule has 0 bridgehead atoms. The lowest BCUT2D eigenvalue weighted by molar-refractivity contribution is 0.0912. The van der Waals surface area contributed by atoms with E-state index in [0.29, 0.717) is 0 Å². The first kappa shape index (κ1) is 15.8. The van der Waals surface area contributed by atoms with Crippen molar-refractivity contribution < 1.29 is 4.79 Å². The van der Waals surface area contributed by atoms with Crippen LogP contribution in [0.1, 0.15) is 28.8 Å². The van der Waals surface area contributed by atoms with Crippen LogP contribution < -0.4 is 5.32 Å². The Labute approximate surface area is 138 Å². The Morgan fingerprint density at radius 3 is 2.78 bits per heavy atom. The minimum Gasteiger partial charge on any atom is -0.348 e. The molecule has 0 unspecified atom stereocenters. The van der Waals surface area contributed by atoms with E-state index >= 15 is 0 Å². The molecule has 0 aliphatic carbocycles. The molecule has 1 heterocycles. The minimum atomic E-state index is 0.0285. The van der Waals surface area contributed by atoms with Crippen molar-refractivity contribution in [2.24, 2.45) is 0 Å². The summed E-state index contributed by atoms with van der Waals surface area (Å²) in [5.41, 5.74) is 4.23. The molecule has 3 heteroatoms. The summed E-state index contributed by atoms with van der Waals surface area (Å²) in [4.78, 5) is 14.8. The van der Waals surface area contributed by atoms with Crippen LogP contribution in [-0.4, -0.2) is 37.0 Å². The Balaban J connectivity index is 1.77. The molecule has 1 atom stereocenters. The van der Waals surface area contributed by atoms with Crippen LogP contribution in [0, 0.1) is 6.92 Å². The van der Waals surface area contributed by atoms with Crippen molar-refractivity contribution in [1.29, 1.82) is 0 Å². The number of hydrogen-bond donors (Lipinski definition) is 1. The third kappa shape index (κ3) is 3.80. The average Bonchev–Trinajstić information content (AvgIpc) is 2.55. The Morgan fingerprint density at radius 2 is 2.00 bits per heavy atom. The van der Waals surface area contributed by atoms with Crippen LogP contribution in [-0.2, 0) is 0 Å². The summed E-state index contributed by atoms with van der Waals surface area (Å²) < 4.78 is 0. The van der Waals surface area contributed by atoms with Crippen molar-refractivity contribution in [2.45, 2.75) is 25.8 Å². The summed E-state index contributed by atoms with van der Waals surface area (Å²) in [5, 5.41) is 3.18. The molecule has 1 aliphatic rings. The molecule has 0 aromatic heterocycles. The van der Waals surface area contributed by atoms with Gasteiger partial charge in [0.15, 0.2) is 0 Å². The number of piperidine rings is 1. The molecule has 1 aliphatic heterocycles. The minimum absolute atomic E-state index is 0.0285. The van der Waals surface area contributed by atoms with Gasteiger partial charge in [0, 0.05) is 18.2 Å². The van der Waals surface area contributed by atoms with Crippen molar-refractivity contribution in [3.8, 4) is 11.1 Å². The third-order valence-corrected chi connectivity index (χ3v) is 4.54. The van der Waals surface area contributed by atoms with Gasteiger partial charge in [0.1, 0.15) is 0 Å². The standard InChI is InChI=1S/C20H24N2O/c1-15-7-3-4-11-19(15)16-8-5-9-17(13-16)20(23)21-18-10-6-12-22(2)14-18/h3-5,7-9,11,13,18H,6,10,12,14H2,1-2H3,(H,21,23)/t18-/m1/s1. The number of hydrogen-bond acceptors (Lipinski definition) is 2. The van der Waals surface area contributed by atoms with Crippen LogP contribution in [0.3, 0.4) is 0 Å². The Morgan fingerprint density at radius 1 is 1.17 bits per heavy atom. The number of carbonyl (C=O) groups is 1. The Kier molecular flexibility index (Phi) is 4.77. The zero-order chi connectivity index (χ0) is 16.2. The first-order chi connectivity index (χ1) is 11.1. The highest BCUT2D eigenvalue weighted by atomic mass is 16.1. The molecular weight excluding hydrogens is 284 g/mol. The van der Waals surface area contributed by atoms with Gasteiger partial charge in [-0.05, 0) is 62.2 Å². The summed E-state index contributed by atoms with van der Waals surface area (Å²) in [6, 6.07) is 16.4. The van der Waals surface area contributed by atoms with Gasteiger partial charge >= 0.3 is 0 Å². The van der Waals surface area contributed by atoms with Gasteiger partial charge in [-0.3, -0.25) is 4.79 Å². The van der Waals surface area contributed by atoms with Crippen molar-refractivity contribution in [1.82, 2.24) is 10.2 Å². The SMILES string of the molecule is Cc1ccccc1-c1cccc(C(=O)N[C@@H]2CCCN(C)C2)c1. The largest absolute Gasteiger partial charge is 0.348 e. The molecule has 3 rings (SSSR count). The number of likely N-dealkylation sites (tertiary alicyclic amines) is 1. The van der Waals surface area contributed by atoms with E-state index in [1.165, 1.54) is 11.1 Å². The second-order valence-corrected chi connectivity index (χ2v) is 6.47. The monoisotopic (exact) mass is 308 g/mol. The lowest BCUT2D eigenvalue weighted by atomic mass is 9.98. The number of amides is 1. The lowest BCUT2D eigenvalue weighted by Gasteiger charge is -2.30. The van der Waals surface area contributed by atoms with Gasteiger partial charge in [-0.25, -0.2) is 0 Å². The van der Waals surface area contributed by atoms with Crippen molar-refractivity contribution >= 4 is 5.91 Å². The highest BCUT2D eigenvalue weighted by molar-refractivity contribution is 5.95. The lowest BCUT2D eigenvalue weighted by Crippen LogP contribution is -2.46. The Bertz CT molecular complexity index is 696. The van der Waals surface area contributed by atoms with Crippen LogP contribution in [0.5, 0.6) is 0 Å². The van der Waals surface area contributed by atoms with Gasteiger partial charge in [0.05, 0.1) is 0 Å². The molecule has 1 amide bonds. The highest BCUT2D eigenvalue weighted by Crippen LogP contribution is 2.24. The first-order valence-electron chi connectivity index (χ1n) is 8.29. The molecule has 0 spiro atoms. The van der Waals surface area contributed by atoms with E-state index in [1.807, 2.05) is 30.3 Å². The summed E-state index contributed by atoms with van der Waals surface area (Å²) in [6.07, 6.45) is 2.21. The fourth-order valence-corrected chi connectivity index (χ4v) is 3.28. The second-order valence-electron chi connectivity index (χ2n) is 6.47. The number of nitrogens with zero attached hydrogens (tertiary/aromatic N) is 1. The van der Waals surface area contributed by atoms with Gasteiger partial charge in [0.25, 0.3) is 5.91 Å². The molecule has 3 nitrogen and oxygen atoms in total. The smallest absolute Gasteiger partial charge is 0.251 e. The maximum Gasteiger partial charge on any atom is 0.251 e. The molecule has 0 radical (unpaired) electrons. The normalized spacial score (nSPS) is 18.6. The number of nitrogens with one attached hydrogen (secondary N) is 1. The predicted molar refractivity (Wildman–Crippen MR) is 94.6 cm³/mol. The van der Waals surface area contributed by atoms with Crippen LogP contribution in [0.2, 0.25) is 0 Å². The van der Waals surface area contributed by atoms with Crippen LogP contribution >= 0.6 is 0 Å². The average molecular weight is 308 g/mol. The molecule has 1 N–H and O–H groups in total. The number of likely N-dealkylation sites (N-methyl/N-ethyl adjacent to an activating group) is 1. The number of rotatable bonds is 3. The van der Waals surface area contributed by atoms with E-state index < -0.39 is 0 Å². The highest BCUT2D eigenvalue weighted by Gasteiger charge is 2.19. The van der Waals surface area contributed by atoms with Gasteiger partial charge in [-0.2, -0.15) is 0 Å². The number of benzene rings is 2. The first-order valence-corrected chi connectivity index (χ1v) is 8.29. The molecular formula is C20H24N2O. The molecule has 1 saturated heterocycles. The van der Waals surface area contributed by atoms with Gasteiger partial charge in [0.2, 0.25) is 0 Å². The van der Waals surface area contributed by atoms with Crippen LogP contribution in [0.15, 0.2) is 48.5 Å². The van der Waals surface area contributed by atoms with Crippen LogP contribution in [0.4, 0.5) is 0 Å². The molecule has 2 aromatic carbocycles. The topological polar surface area (TPSA) is 32.3 Å². The van der Waals surface area contributed by atoms with E-state index in [9.17, 15) is 4.79 Å². The van der Waals surface area contributed by atoms with Crippen molar-refractivity contribution in [3.63, 3.8) is 0 Å². The van der Waals surface area contributed by atoms with Gasteiger partial charge < -0.3 is 10.2 Å². The molecule has 2 aromatic rings. The fourth-order valence-electron chi connectivity index (χ4n) is 3.28. The number of aryl methyl sites for hydroxylation is 1. The summed E-state index contributed by atoms with van der Waals surface area (Å²) in [7, 11) is 2.11. The molecule has 0 saturated carbocycles. The molecule has 1 fully saturated rings. The van der Waals surface area contributed by atoms with E-state index in [1.54, 1.807) is 0 Å². The number of carbonyl (C=O) groups excluding carboxylic acids is 1. The zero-order valence-electron chi connectivity index (χ0n) is 13.9. The molecule has 23 heavy (non-hydrogen) atoms. The molecule has 120 valence electrons. The quantitative estimate of drug-likeness (QED) is 0.941. The van der Waals surface area contributed by atoms with E-state index in [-0.39, 0.29) is 11.9 Å².